The zero-order valence-electron chi connectivity index (χ0n) is 16.7. The summed E-state index contributed by atoms with van der Waals surface area (Å²) in [6.07, 6.45) is 4.17. The zero-order valence-corrected chi connectivity index (χ0v) is 17.4. The summed E-state index contributed by atoms with van der Waals surface area (Å²) in [5.41, 5.74) is 2.47. The number of nitrogens with zero attached hydrogens (tertiary/aromatic N) is 1. The van der Waals surface area contributed by atoms with E-state index in [4.69, 9.17) is 25.8 Å². The highest BCUT2D eigenvalue weighted by atomic mass is 35.5. The number of carbonyl (C=O) groups excluding carboxylic acids is 1. The van der Waals surface area contributed by atoms with Gasteiger partial charge in [-0.05, 0) is 48.7 Å². The molecule has 0 N–H and O–H groups in total. The van der Waals surface area contributed by atoms with E-state index in [-0.39, 0.29) is 5.91 Å². The van der Waals surface area contributed by atoms with E-state index >= 15 is 0 Å². The Hall–Kier alpha value is -2.08. The lowest BCUT2D eigenvalue weighted by Crippen LogP contribution is -2.47. The summed E-state index contributed by atoms with van der Waals surface area (Å²) >= 11 is 6.21. The maximum absolute atomic E-state index is 13.3. The Balaban J connectivity index is 1.52. The Morgan fingerprint density at radius 1 is 1.10 bits per heavy atom. The molecule has 4 rings (SSSR count). The van der Waals surface area contributed by atoms with Gasteiger partial charge in [-0.1, -0.05) is 43.5 Å². The minimum atomic E-state index is -1.37. The van der Waals surface area contributed by atoms with Gasteiger partial charge in [-0.25, -0.2) is 0 Å². The summed E-state index contributed by atoms with van der Waals surface area (Å²) in [5.74, 6) is -0.726. The monoisotopic (exact) mass is 415 g/mol. The second-order valence-corrected chi connectivity index (χ2v) is 7.86. The van der Waals surface area contributed by atoms with Gasteiger partial charge in [0.15, 0.2) is 0 Å². The van der Waals surface area contributed by atoms with E-state index in [2.05, 4.69) is 6.92 Å². The molecule has 0 aliphatic carbocycles. The second-order valence-electron chi connectivity index (χ2n) is 7.42. The van der Waals surface area contributed by atoms with Gasteiger partial charge in [0.05, 0.1) is 32.1 Å². The smallest absolute Gasteiger partial charge is 0.292 e. The summed E-state index contributed by atoms with van der Waals surface area (Å²) in [5, 5.41) is 0.556. The van der Waals surface area contributed by atoms with Crippen molar-refractivity contribution in [3.05, 3.63) is 58.6 Å². The molecule has 0 atom stereocenters. The van der Waals surface area contributed by atoms with Gasteiger partial charge in [0.25, 0.3) is 11.7 Å². The van der Waals surface area contributed by atoms with E-state index in [0.29, 0.717) is 30.3 Å². The van der Waals surface area contributed by atoms with E-state index in [0.717, 1.165) is 36.4 Å². The summed E-state index contributed by atoms with van der Waals surface area (Å²) in [7, 11) is 0. The molecular weight excluding hydrogens is 390 g/mol. The number of unbranched alkanes of at least 4 members (excludes halogenated alkanes) is 2. The van der Waals surface area contributed by atoms with Crippen LogP contribution in [0.1, 0.15) is 43.7 Å². The van der Waals surface area contributed by atoms with Crippen molar-refractivity contribution in [2.75, 3.05) is 24.7 Å². The highest BCUT2D eigenvalue weighted by Gasteiger charge is 2.54. The predicted octanol–water partition coefficient (Wildman–Crippen LogP) is 5.05. The van der Waals surface area contributed by atoms with Gasteiger partial charge in [-0.3, -0.25) is 4.79 Å². The van der Waals surface area contributed by atoms with Crippen LogP contribution in [0.2, 0.25) is 5.02 Å². The molecule has 0 saturated carbocycles. The van der Waals surface area contributed by atoms with Crippen LogP contribution in [-0.4, -0.2) is 25.7 Å². The lowest BCUT2D eigenvalue weighted by atomic mass is 10.1. The Labute approximate surface area is 176 Å². The van der Waals surface area contributed by atoms with Crippen molar-refractivity contribution in [3.8, 4) is 5.75 Å². The molecule has 154 valence electrons. The molecule has 2 aromatic carbocycles. The SMILES string of the molecule is CCCCCOc1ccc(CN2C(=O)C3(OCCCO3)c3cc(Cl)ccc32)cc1. The highest BCUT2D eigenvalue weighted by molar-refractivity contribution is 6.31. The van der Waals surface area contributed by atoms with Crippen LogP contribution in [0.4, 0.5) is 5.69 Å². The van der Waals surface area contributed by atoms with Crippen molar-refractivity contribution in [2.24, 2.45) is 0 Å². The third-order valence-corrected chi connectivity index (χ3v) is 5.55. The van der Waals surface area contributed by atoms with Crippen LogP contribution in [-0.2, 0) is 26.6 Å². The lowest BCUT2D eigenvalue weighted by Gasteiger charge is -2.32. The van der Waals surface area contributed by atoms with E-state index in [1.165, 1.54) is 12.8 Å². The first-order valence-corrected chi connectivity index (χ1v) is 10.6. The van der Waals surface area contributed by atoms with Crippen molar-refractivity contribution >= 4 is 23.2 Å². The van der Waals surface area contributed by atoms with Gasteiger partial charge in [-0.2, -0.15) is 0 Å². The van der Waals surface area contributed by atoms with Crippen LogP contribution >= 0.6 is 11.6 Å². The Morgan fingerprint density at radius 2 is 1.86 bits per heavy atom. The van der Waals surface area contributed by atoms with Crippen LogP contribution in [0, 0.1) is 0 Å². The number of hydrogen-bond donors (Lipinski definition) is 0. The van der Waals surface area contributed by atoms with Gasteiger partial charge < -0.3 is 19.1 Å². The van der Waals surface area contributed by atoms with E-state index < -0.39 is 5.79 Å². The van der Waals surface area contributed by atoms with Gasteiger partial charge in [0.2, 0.25) is 0 Å². The van der Waals surface area contributed by atoms with Gasteiger partial charge in [-0.15, -0.1) is 0 Å². The molecule has 0 bridgehead atoms. The quantitative estimate of drug-likeness (QED) is 0.594. The van der Waals surface area contributed by atoms with Gasteiger partial charge in [0.1, 0.15) is 5.75 Å². The summed E-state index contributed by atoms with van der Waals surface area (Å²) in [6, 6.07) is 13.3. The van der Waals surface area contributed by atoms with Crippen LogP contribution in [0.25, 0.3) is 0 Å². The highest BCUT2D eigenvalue weighted by Crippen LogP contribution is 2.46. The second kappa shape index (κ2) is 8.74. The van der Waals surface area contributed by atoms with Crippen molar-refractivity contribution in [1.82, 2.24) is 0 Å². The number of amides is 1. The molecule has 5 nitrogen and oxygen atoms in total. The van der Waals surface area contributed by atoms with Crippen LogP contribution in [0.5, 0.6) is 5.75 Å². The Morgan fingerprint density at radius 3 is 2.59 bits per heavy atom. The maximum Gasteiger partial charge on any atom is 0.292 e. The molecule has 2 heterocycles. The number of carbonyl (C=O) groups is 1. The van der Waals surface area contributed by atoms with Crippen molar-refractivity contribution < 1.29 is 19.0 Å². The summed E-state index contributed by atoms with van der Waals surface area (Å²) in [6.45, 7) is 4.29. The molecule has 1 saturated heterocycles. The molecule has 1 fully saturated rings. The number of ether oxygens (including phenoxy) is 3. The van der Waals surface area contributed by atoms with Crippen molar-refractivity contribution in [1.29, 1.82) is 0 Å². The first-order valence-electron chi connectivity index (χ1n) is 10.3. The molecule has 1 amide bonds. The first-order chi connectivity index (χ1) is 14.1. The molecule has 0 unspecified atom stereocenters. The average Bonchev–Trinajstić information content (AvgIpc) is 2.95. The average molecular weight is 416 g/mol. The van der Waals surface area contributed by atoms with E-state index in [1.807, 2.05) is 30.3 Å². The van der Waals surface area contributed by atoms with Crippen molar-refractivity contribution in [3.63, 3.8) is 0 Å². The normalized spacial score (nSPS) is 17.6. The first kappa shape index (κ1) is 20.2. The van der Waals surface area contributed by atoms with Crippen LogP contribution < -0.4 is 9.64 Å². The maximum atomic E-state index is 13.3. The Kier molecular flexibility index (Phi) is 6.09. The van der Waals surface area contributed by atoms with Crippen molar-refractivity contribution in [2.45, 2.75) is 44.9 Å². The summed E-state index contributed by atoms with van der Waals surface area (Å²) < 4.78 is 17.5. The number of anilines is 1. The third-order valence-electron chi connectivity index (χ3n) is 5.31. The minimum Gasteiger partial charge on any atom is -0.494 e. The minimum absolute atomic E-state index is 0.200. The molecule has 1 spiro atoms. The molecule has 29 heavy (non-hydrogen) atoms. The molecule has 2 aromatic rings. The topological polar surface area (TPSA) is 48.0 Å². The molecule has 2 aliphatic heterocycles. The van der Waals surface area contributed by atoms with E-state index in [9.17, 15) is 4.79 Å². The lowest BCUT2D eigenvalue weighted by molar-refractivity contribution is -0.256. The molecular formula is C23H26ClNO4. The van der Waals surface area contributed by atoms with Crippen LogP contribution in [0.15, 0.2) is 42.5 Å². The number of benzene rings is 2. The third kappa shape index (κ3) is 4.00. The van der Waals surface area contributed by atoms with Gasteiger partial charge in [0, 0.05) is 10.6 Å². The zero-order chi connectivity index (χ0) is 20.3. The largest absolute Gasteiger partial charge is 0.494 e. The fourth-order valence-electron chi connectivity index (χ4n) is 3.79. The van der Waals surface area contributed by atoms with E-state index in [1.54, 1.807) is 17.0 Å². The summed E-state index contributed by atoms with van der Waals surface area (Å²) in [4.78, 5) is 15.0. The number of fused-ring (bicyclic) bond motifs is 2. The fourth-order valence-corrected chi connectivity index (χ4v) is 3.97. The fraction of sp³-hybridized carbons (Fsp3) is 0.435. The number of halogens is 1. The van der Waals surface area contributed by atoms with Crippen LogP contribution in [0.3, 0.4) is 0 Å². The molecule has 0 aromatic heterocycles. The predicted molar refractivity (Wildman–Crippen MR) is 112 cm³/mol. The number of hydrogen-bond acceptors (Lipinski definition) is 4. The Bertz CT molecular complexity index is 862. The number of rotatable bonds is 7. The standard InChI is InChI=1S/C23H26ClNO4/c1-2-3-4-12-27-19-9-6-17(7-10-19)16-25-21-11-8-18(24)15-20(21)23(22(25)26)28-13-5-14-29-23/h6-11,15H,2-5,12-14,16H2,1H3. The van der Waals surface area contributed by atoms with Gasteiger partial charge >= 0.3 is 0 Å². The molecule has 0 radical (unpaired) electrons. The molecule has 2 aliphatic rings. The molecule has 6 heteroatoms.